The zero-order chi connectivity index (χ0) is 34.0. The molecule has 0 aliphatic rings. The van der Waals surface area contributed by atoms with Crippen molar-refractivity contribution in [2.24, 2.45) is 0 Å². The molecule has 0 amide bonds. The van der Waals surface area contributed by atoms with Crippen LogP contribution in [0.4, 0.5) is 0 Å². The molecule has 0 aliphatic carbocycles. The first kappa shape index (κ1) is 83.3. The summed E-state index contributed by atoms with van der Waals surface area (Å²) in [5.74, 6) is 0. The van der Waals surface area contributed by atoms with Crippen molar-refractivity contribution >= 4 is 12.9 Å². The van der Waals surface area contributed by atoms with Gasteiger partial charge in [-0.05, 0) is 0 Å². The first-order valence-corrected chi connectivity index (χ1v) is 5.32. The van der Waals surface area contributed by atoms with Crippen LogP contribution in [0, 0.1) is 194 Å². The molecule has 0 aromatic carbocycles. The van der Waals surface area contributed by atoms with E-state index in [1.54, 1.807) is 0 Å². The van der Waals surface area contributed by atoms with Crippen LogP contribution >= 0.6 is 0 Å². The Balaban J connectivity index is -0.0000000192. The second kappa shape index (κ2) is 91.4. The molecule has 232 valence electrons. The average molecular weight is 965 g/mol. The molecule has 0 aromatic rings. The number of rotatable bonds is 0. The summed E-state index contributed by atoms with van der Waals surface area (Å²) >= 11 is 0. The van der Waals surface area contributed by atoms with E-state index in [-0.39, 0.29) is 90.7 Å². The van der Waals surface area contributed by atoms with Crippen LogP contribution in [0.3, 0.4) is 0 Å². The van der Waals surface area contributed by atoms with E-state index >= 15 is 0 Å². The van der Waals surface area contributed by atoms with Crippen LogP contribution in [0.2, 0.25) is 0 Å². The third-order valence-electron chi connectivity index (χ3n) is 0. The summed E-state index contributed by atoms with van der Waals surface area (Å²) in [6.45, 7) is -1.00. The van der Waals surface area contributed by atoms with Gasteiger partial charge in [-0.2, -0.15) is 0 Å². The molecule has 0 bridgehead atoms. The van der Waals surface area contributed by atoms with Gasteiger partial charge in [0.25, 0.3) is 0 Å². The predicted molar refractivity (Wildman–Crippen MR) is 95.0 cm³/mol. The molecule has 0 radical (unpaired) electrons. The maximum Gasteiger partial charge on any atom is 4.00 e. The predicted octanol–water partition coefficient (Wildman–Crippen LogP) is -5.18. The van der Waals surface area contributed by atoms with Gasteiger partial charge in [0.15, 0.2) is 0 Å². The van der Waals surface area contributed by atoms with E-state index in [0.29, 0.717) is 0 Å². The van der Waals surface area contributed by atoms with Gasteiger partial charge in [-0.3, -0.25) is 0 Å². The molecular weight excluding hydrogens is 963 g/mol. The molecule has 0 spiro atoms. The Kier molecular flexibility index (Phi) is 186. The summed E-state index contributed by atoms with van der Waals surface area (Å²) in [7, 11) is 0. The number of carbonyl (C=O) groups is 2. The second-order valence-electron chi connectivity index (χ2n) is 1.98. The number of nitrogens with zero attached hydrogens (tertiary/aromatic N) is 8. The summed E-state index contributed by atoms with van der Waals surface area (Å²) in [6.07, 6.45) is 0. The Morgan fingerprint density at radius 1 is 0.293 bits per heavy atom. The Morgan fingerprint density at radius 2 is 0.293 bits per heavy atom. The van der Waals surface area contributed by atoms with Crippen LogP contribution in [0.25, 0.3) is 0 Å². The zero-order valence-corrected chi connectivity index (χ0v) is 26.7. The van der Waals surface area contributed by atoms with Gasteiger partial charge in [0, 0.05) is 12.9 Å². The molecule has 0 N–H and O–H groups in total. The van der Waals surface area contributed by atoms with Crippen molar-refractivity contribution in [2.75, 3.05) is 0 Å². The van der Waals surface area contributed by atoms with E-state index in [2.05, 4.69) is 0 Å². The first-order valence-electron chi connectivity index (χ1n) is 5.32. The van der Waals surface area contributed by atoms with E-state index in [1.807, 2.05) is 0 Å². The summed E-state index contributed by atoms with van der Waals surface area (Å²) < 4.78 is 0. The van der Waals surface area contributed by atoms with Crippen molar-refractivity contribution in [3.8, 4) is 0 Å². The topological polar surface area (TPSA) is 610 Å². The summed E-state index contributed by atoms with van der Waals surface area (Å²) in [4.78, 5) is 82.5. The second-order valence-corrected chi connectivity index (χ2v) is 1.98. The summed E-state index contributed by atoms with van der Waals surface area (Å²) in [5.41, 5.74) is 0. The standard InChI is InChI=1S/2CH2O2.2La.8NO3.Ru/c2*2-1-3;;;8*2-1(3)4;/h2*1H,(H,2,3);;;;;;;;;;;/q;;2*+3;8*-1;+4/p-2. The quantitative estimate of drug-likeness (QED) is 0.0947. The van der Waals surface area contributed by atoms with Crippen molar-refractivity contribution in [3.05, 3.63) is 123 Å². The van der Waals surface area contributed by atoms with Gasteiger partial charge in [-0.15, -0.1) is 0 Å². The van der Waals surface area contributed by atoms with Crippen LogP contribution in [0.5, 0.6) is 0 Å². The van der Waals surface area contributed by atoms with Gasteiger partial charge >= 0.3 is 90.7 Å². The fourth-order valence-corrected chi connectivity index (χ4v) is 0. The molecule has 0 aromatic heterocycles. The molecule has 0 rings (SSSR count). The monoisotopic (exact) mass is 966 g/mol. The largest absolute Gasteiger partial charge is 4.00 e. The maximum atomic E-state index is 8.25. The van der Waals surface area contributed by atoms with Crippen molar-refractivity contribution in [1.82, 2.24) is 0 Å². The van der Waals surface area contributed by atoms with Crippen molar-refractivity contribution in [2.45, 2.75) is 0 Å². The average Bonchev–Trinajstić information content (AvgIpc) is 2.50. The minimum atomic E-state index is -1.75. The molecule has 39 heteroatoms. The molecule has 0 aliphatic heterocycles. The van der Waals surface area contributed by atoms with Gasteiger partial charge in [-0.25, -0.2) is 0 Å². The van der Waals surface area contributed by atoms with Crippen molar-refractivity contribution < 1.29 is 151 Å². The van der Waals surface area contributed by atoms with Crippen LogP contribution in [0.15, 0.2) is 0 Å². The first-order chi connectivity index (χ1) is 16.7. The summed E-state index contributed by atoms with van der Waals surface area (Å²) in [6, 6.07) is 0. The molecular formula is C2H2La2N8O28Ru. The fraction of sp³-hybridized carbons (Fsp3) is 0. The van der Waals surface area contributed by atoms with E-state index in [9.17, 15) is 0 Å². The van der Waals surface area contributed by atoms with E-state index in [1.165, 1.54) is 0 Å². The Morgan fingerprint density at radius 3 is 0.293 bits per heavy atom. The normalized spacial score (nSPS) is 5.27. The number of hydrogen-bond donors (Lipinski definition) is 0. The van der Waals surface area contributed by atoms with Gasteiger partial charge < -0.3 is 142 Å². The Hall–Kier alpha value is -4.45. The van der Waals surface area contributed by atoms with Crippen LogP contribution in [-0.2, 0) is 29.1 Å². The maximum absolute atomic E-state index is 8.25. The van der Waals surface area contributed by atoms with Crippen LogP contribution < -0.4 is 10.2 Å². The van der Waals surface area contributed by atoms with Crippen LogP contribution in [0.1, 0.15) is 0 Å². The molecule has 0 saturated carbocycles. The molecule has 36 nitrogen and oxygen atoms in total. The third kappa shape index (κ3) is 2020. The molecule has 0 heterocycles. The van der Waals surface area contributed by atoms with Gasteiger partial charge in [-0.1, -0.05) is 0 Å². The van der Waals surface area contributed by atoms with E-state index < -0.39 is 53.6 Å². The molecule has 0 atom stereocenters. The van der Waals surface area contributed by atoms with Gasteiger partial charge in [0.2, 0.25) is 0 Å². The Bertz CT molecular complexity index is 461. The molecule has 41 heavy (non-hydrogen) atoms. The number of carbonyl (C=O) groups excluding carboxylic acids is 2. The summed E-state index contributed by atoms with van der Waals surface area (Å²) in [5, 5.41) is 134. The molecule has 0 fully saturated rings. The van der Waals surface area contributed by atoms with Crippen molar-refractivity contribution in [1.29, 1.82) is 0 Å². The number of hydrogen-bond acceptors (Lipinski definition) is 28. The number of carboxylic acid groups (broad SMARTS) is 2. The minimum absolute atomic E-state index is 0. The molecule has 0 saturated heterocycles. The fourth-order valence-electron chi connectivity index (χ4n) is 0. The zero-order valence-electron chi connectivity index (χ0n) is 17.7. The smallest absolute Gasteiger partial charge is 0.554 e. The Labute approximate surface area is 284 Å². The molecule has 0 unspecified atom stereocenters. The van der Waals surface area contributed by atoms with Gasteiger partial charge in [0.1, 0.15) is 0 Å². The van der Waals surface area contributed by atoms with E-state index in [4.69, 9.17) is 142 Å². The minimum Gasteiger partial charge on any atom is -0.554 e. The van der Waals surface area contributed by atoms with Crippen LogP contribution in [-0.4, -0.2) is 53.6 Å². The van der Waals surface area contributed by atoms with E-state index in [0.717, 1.165) is 0 Å². The SMILES string of the molecule is O=C[O-].O=C[O-].O=[N+]([O-])[O-].O=[N+]([O-])[O-].O=[N+]([O-])[O-].O=[N+]([O-])[O-].O=[N+]([O-])[O-].O=[N+]([O-])[O-].O=[N+]([O-])[O-].O=[N+]([O-])[O-].[La+3].[La+3].[Ru+4]. The van der Waals surface area contributed by atoms with Crippen molar-refractivity contribution in [3.63, 3.8) is 0 Å². The third-order valence-corrected chi connectivity index (χ3v) is 0. The van der Waals surface area contributed by atoms with Gasteiger partial charge in [0.05, 0.1) is 40.7 Å².